The summed E-state index contributed by atoms with van der Waals surface area (Å²) < 4.78 is 17.0. The van der Waals surface area contributed by atoms with Crippen LogP contribution in [0.15, 0.2) is 39.9 Å². The van der Waals surface area contributed by atoms with Gasteiger partial charge in [0, 0.05) is 32.7 Å². The molecule has 0 bridgehead atoms. The van der Waals surface area contributed by atoms with Gasteiger partial charge in [-0.1, -0.05) is 42.2 Å². The van der Waals surface area contributed by atoms with E-state index in [9.17, 15) is 14.0 Å². The van der Waals surface area contributed by atoms with E-state index >= 15 is 0 Å². The molecule has 3 heterocycles. The first-order valence-electron chi connectivity index (χ1n) is 10.8. The highest BCUT2D eigenvalue weighted by Crippen LogP contribution is 2.22. The minimum absolute atomic E-state index is 0.000267. The molecule has 0 saturated carbocycles. The van der Waals surface area contributed by atoms with Crippen LogP contribution in [0, 0.1) is 11.8 Å². The highest BCUT2D eigenvalue weighted by atomic mass is 19.1. The van der Waals surface area contributed by atoms with Crippen molar-refractivity contribution in [1.82, 2.24) is 18.7 Å². The van der Waals surface area contributed by atoms with Gasteiger partial charge >= 0.3 is 5.69 Å². The van der Waals surface area contributed by atoms with Gasteiger partial charge in [-0.05, 0) is 24.8 Å². The summed E-state index contributed by atoms with van der Waals surface area (Å²) in [6.45, 7) is 0.917. The van der Waals surface area contributed by atoms with E-state index in [0.29, 0.717) is 30.1 Å². The molecule has 9 heteroatoms. The third kappa shape index (κ3) is 4.18. The first kappa shape index (κ1) is 21.8. The Hall–Kier alpha value is -3.38. The maximum Gasteiger partial charge on any atom is 0.332 e. The largest absolute Gasteiger partial charge is 0.341 e. The zero-order valence-electron chi connectivity index (χ0n) is 18.1. The summed E-state index contributed by atoms with van der Waals surface area (Å²) in [5, 5.41) is 0. The number of halogens is 1. The molecular formula is C23H27FN6O2. The van der Waals surface area contributed by atoms with Gasteiger partial charge in [-0.25, -0.2) is 9.18 Å². The lowest BCUT2D eigenvalue weighted by molar-refractivity contribution is 0.496. The molecule has 0 radical (unpaired) electrons. The number of aryl methyl sites for hydroxylation is 2. The maximum absolute atomic E-state index is 13.5. The van der Waals surface area contributed by atoms with Crippen LogP contribution in [0.5, 0.6) is 0 Å². The number of imidazole rings is 1. The average Bonchev–Trinajstić information content (AvgIpc) is 3.18. The molecule has 1 saturated heterocycles. The van der Waals surface area contributed by atoms with Crippen molar-refractivity contribution >= 4 is 17.1 Å². The molecular weight excluding hydrogens is 411 g/mol. The van der Waals surface area contributed by atoms with E-state index in [-0.39, 0.29) is 19.1 Å². The van der Waals surface area contributed by atoms with Crippen molar-refractivity contribution in [3.8, 4) is 11.8 Å². The van der Waals surface area contributed by atoms with Gasteiger partial charge in [0.2, 0.25) is 5.95 Å². The van der Waals surface area contributed by atoms with Crippen molar-refractivity contribution < 1.29 is 4.39 Å². The topological polar surface area (TPSA) is 91.1 Å². The zero-order valence-corrected chi connectivity index (χ0v) is 18.1. The lowest BCUT2D eigenvalue weighted by atomic mass is 10.1. The summed E-state index contributed by atoms with van der Waals surface area (Å²) >= 11 is 0. The van der Waals surface area contributed by atoms with Crippen LogP contribution in [0.25, 0.3) is 11.2 Å². The summed E-state index contributed by atoms with van der Waals surface area (Å²) in [5.41, 5.74) is 6.95. The molecule has 1 aliphatic heterocycles. The molecule has 2 aromatic heterocycles. The smallest absolute Gasteiger partial charge is 0.332 e. The SMILES string of the molecule is Cn1c(=O)n(CCc2ccccc2)c(=O)c2c1nc(N1CCC[C@@H](N)C1)n2CC#CCF. The molecule has 0 aliphatic carbocycles. The van der Waals surface area contributed by atoms with Crippen molar-refractivity contribution in [2.24, 2.45) is 12.8 Å². The van der Waals surface area contributed by atoms with Crippen molar-refractivity contribution in [3.05, 3.63) is 56.7 Å². The minimum atomic E-state index is -0.768. The Morgan fingerprint density at radius 2 is 1.97 bits per heavy atom. The number of piperidine rings is 1. The predicted molar refractivity (Wildman–Crippen MR) is 123 cm³/mol. The van der Waals surface area contributed by atoms with Crippen LogP contribution in [0.2, 0.25) is 0 Å². The van der Waals surface area contributed by atoms with Gasteiger partial charge in [-0.3, -0.25) is 18.5 Å². The molecule has 1 aromatic carbocycles. The monoisotopic (exact) mass is 438 g/mol. The number of rotatable bonds is 5. The lowest BCUT2D eigenvalue weighted by Gasteiger charge is -2.31. The molecule has 0 amide bonds. The normalized spacial score (nSPS) is 16.2. The van der Waals surface area contributed by atoms with Crippen LogP contribution < -0.4 is 21.9 Å². The molecule has 1 aliphatic rings. The van der Waals surface area contributed by atoms with Crippen molar-refractivity contribution in [2.75, 3.05) is 24.7 Å². The Bertz CT molecular complexity index is 1280. The molecule has 8 nitrogen and oxygen atoms in total. The summed E-state index contributed by atoms with van der Waals surface area (Å²) in [6, 6.07) is 9.69. The fraction of sp³-hybridized carbons (Fsp3) is 0.435. The molecule has 0 unspecified atom stereocenters. The van der Waals surface area contributed by atoms with Gasteiger partial charge in [-0.15, -0.1) is 0 Å². The molecule has 4 rings (SSSR count). The molecule has 0 spiro atoms. The number of benzene rings is 1. The lowest BCUT2D eigenvalue weighted by Crippen LogP contribution is -2.44. The third-order valence-corrected chi connectivity index (χ3v) is 5.85. The number of alkyl halides is 1. The Kier molecular flexibility index (Phi) is 6.42. The van der Waals surface area contributed by atoms with Crippen molar-refractivity contribution in [1.29, 1.82) is 0 Å². The standard InChI is InChI=1S/C23H27FN6O2/c1-27-20-19(21(31)30(23(27)32)15-11-17-8-3-2-4-9-17)29(14-6-5-12-24)22(26-20)28-13-7-10-18(25)16-28/h2-4,8-9,18H,7,10-16,25H2,1H3/t18-/m1/s1. The van der Waals surface area contributed by atoms with E-state index in [2.05, 4.69) is 16.8 Å². The van der Waals surface area contributed by atoms with Gasteiger partial charge < -0.3 is 10.6 Å². The van der Waals surface area contributed by atoms with Crippen LogP contribution in [0.3, 0.4) is 0 Å². The Morgan fingerprint density at radius 1 is 1.19 bits per heavy atom. The second kappa shape index (κ2) is 9.40. The van der Waals surface area contributed by atoms with Crippen LogP contribution >= 0.6 is 0 Å². The van der Waals surface area contributed by atoms with E-state index in [0.717, 1.165) is 24.9 Å². The Labute approximate surface area is 185 Å². The molecule has 3 aromatic rings. The van der Waals surface area contributed by atoms with Gasteiger partial charge in [0.15, 0.2) is 11.2 Å². The van der Waals surface area contributed by atoms with Gasteiger partial charge in [0.25, 0.3) is 5.56 Å². The number of anilines is 1. The second-order valence-electron chi connectivity index (χ2n) is 8.04. The Balaban J connectivity index is 1.84. The second-order valence-corrected chi connectivity index (χ2v) is 8.04. The van der Waals surface area contributed by atoms with Crippen molar-refractivity contribution in [2.45, 2.75) is 38.4 Å². The number of hydrogen-bond donors (Lipinski definition) is 1. The van der Waals surface area contributed by atoms with Crippen LogP contribution in [0.4, 0.5) is 10.3 Å². The molecule has 168 valence electrons. The summed E-state index contributed by atoms with van der Waals surface area (Å²) in [6.07, 6.45) is 2.37. The molecule has 2 N–H and O–H groups in total. The molecule has 32 heavy (non-hydrogen) atoms. The van der Waals surface area contributed by atoms with Gasteiger partial charge in [0.05, 0.1) is 6.54 Å². The number of fused-ring (bicyclic) bond motifs is 1. The van der Waals surface area contributed by atoms with Crippen LogP contribution in [-0.2, 0) is 26.6 Å². The van der Waals surface area contributed by atoms with E-state index in [1.54, 1.807) is 11.6 Å². The van der Waals surface area contributed by atoms with E-state index in [1.165, 1.54) is 9.13 Å². The first-order chi connectivity index (χ1) is 15.5. The predicted octanol–water partition coefficient (Wildman–Crippen LogP) is 1.04. The zero-order chi connectivity index (χ0) is 22.7. The third-order valence-electron chi connectivity index (χ3n) is 5.85. The summed E-state index contributed by atoms with van der Waals surface area (Å²) in [4.78, 5) is 33.1. The summed E-state index contributed by atoms with van der Waals surface area (Å²) in [5.74, 6) is 5.71. The van der Waals surface area contributed by atoms with E-state index in [4.69, 9.17) is 5.73 Å². The fourth-order valence-corrected chi connectivity index (χ4v) is 4.21. The minimum Gasteiger partial charge on any atom is -0.341 e. The highest BCUT2D eigenvalue weighted by molar-refractivity contribution is 5.75. The molecule has 1 fully saturated rings. The number of nitrogens with zero attached hydrogens (tertiary/aromatic N) is 5. The van der Waals surface area contributed by atoms with E-state index in [1.807, 2.05) is 35.2 Å². The maximum atomic E-state index is 13.5. The highest BCUT2D eigenvalue weighted by Gasteiger charge is 2.26. The number of nitrogens with two attached hydrogens (primary N) is 1. The molecule has 1 atom stereocenters. The van der Waals surface area contributed by atoms with Crippen LogP contribution in [0.1, 0.15) is 18.4 Å². The van der Waals surface area contributed by atoms with Crippen LogP contribution in [-0.4, -0.2) is 44.5 Å². The summed E-state index contributed by atoms with van der Waals surface area (Å²) in [7, 11) is 1.61. The van der Waals surface area contributed by atoms with Crippen molar-refractivity contribution in [3.63, 3.8) is 0 Å². The fourth-order valence-electron chi connectivity index (χ4n) is 4.21. The van der Waals surface area contributed by atoms with Gasteiger partial charge in [0.1, 0.15) is 6.67 Å². The van der Waals surface area contributed by atoms with E-state index < -0.39 is 17.9 Å². The van der Waals surface area contributed by atoms with Gasteiger partial charge in [-0.2, -0.15) is 4.98 Å². The first-order valence-corrected chi connectivity index (χ1v) is 10.8. The quantitative estimate of drug-likeness (QED) is 0.601. The average molecular weight is 439 g/mol. The number of hydrogen-bond acceptors (Lipinski definition) is 5. The Morgan fingerprint density at radius 3 is 2.69 bits per heavy atom. The number of aromatic nitrogens is 4.